The molecule has 0 unspecified atom stereocenters. The molecule has 132 valence electrons. The Bertz CT molecular complexity index is 770. The maximum atomic E-state index is 13.3. The fourth-order valence-corrected chi connectivity index (χ4v) is 2.66. The van der Waals surface area contributed by atoms with Crippen molar-refractivity contribution in [3.8, 4) is 5.75 Å². The van der Waals surface area contributed by atoms with E-state index in [2.05, 4.69) is 5.32 Å². The molecule has 0 aliphatic heterocycles. The molecule has 0 fully saturated rings. The Morgan fingerprint density at radius 3 is 2.40 bits per heavy atom. The van der Waals surface area contributed by atoms with Crippen LogP contribution in [-0.2, 0) is 16.0 Å². The summed E-state index contributed by atoms with van der Waals surface area (Å²) >= 11 is 1.97. The van der Waals surface area contributed by atoms with E-state index >= 15 is 0 Å². The maximum absolute atomic E-state index is 13.3. The zero-order chi connectivity index (χ0) is 18.6. The van der Waals surface area contributed by atoms with E-state index in [-0.39, 0.29) is 12.3 Å². The van der Waals surface area contributed by atoms with Gasteiger partial charge in [0.2, 0.25) is 5.91 Å². The van der Waals surface area contributed by atoms with E-state index in [0.29, 0.717) is 15.0 Å². The molecule has 0 saturated carbocycles. The minimum absolute atomic E-state index is 0.107. The van der Waals surface area contributed by atoms with Crippen LogP contribution in [0.2, 0.25) is 0 Å². The third kappa shape index (κ3) is 5.70. The fraction of sp³-hybridized carbons (Fsp3) is 0.222. The Balaban J connectivity index is 1.98. The zero-order valence-corrected chi connectivity index (χ0v) is 15.8. The van der Waals surface area contributed by atoms with E-state index in [1.54, 1.807) is 30.3 Å². The number of hydrogen-bond acceptors (Lipinski definition) is 3. The molecular weight excluding hydrogens is 440 g/mol. The molecule has 2 aromatic rings. The van der Waals surface area contributed by atoms with E-state index in [4.69, 9.17) is 9.84 Å². The lowest BCUT2D eigenvalue weighted by Gasteiger charge is -2.21. The van der Waals surface area contributed by atoms with Crippen molar-refractivity contribution in [3.63, 3.8) is 0 Å². The first-order valence-electron chi connectivity index (χ1n) is 7.43. The molecule has 0 heterocycles. The molecule has 0 radical (unpaired) electrons. The Hall–Kier alpha value is -2.16. The number of halogens is 2. The first-order valence-corrected chi connectivity index (χ1v) is 8.51. The van der Waals surface area contributed by atoms with Gasteiger partial charge in [-0.25, -0.2) is 9.18 Å². The molecule has 2 N–H and O–H groups in total. The van der Waals surface area contributed by atoms with Crippen LogP contribution in [0.4, 0.5) is 10.1 Å². The van der Waals surface area contributed by atoms with Gasteiger partial charge in [0.05, 0.1) is 6.42 Å². The van der Waals surface area contributed by atoms with Crippen LogP contribution in [0.3, 0.4) is 0 Å². The number of hydrogen-bond donors (Lipinski definition) is 2. The molecule has 0 aliphatic rings. The Labute approximate surface area is 158 Å². The molecule has 25 heavy (non-hydrogen) atoms. The van der Waals surface area contributed by atoms with Crippen molar-refractivity contribution in [3.05, 3.63) is 57.4 Å². The van der Waals surface area contributed by atoms with E-state index in [1.807, 2.05) is 22.6 Å². The lowest BCUT2D eigenvalue weighted by molar-refractivity contribution is -0.152. The van der Waals surface area contributed by atoms with Crippen molar-refractivity contribution >= 4 is 40.2 Å². The summed E-state index contributed by atoms with van der Waals surface area (Å²) in [5, 5.41) is 11.7. The minimum atomic E-state index is -1.34. The number of nitrogens with one attached hydrogen (secondary N) is 1. The predicted molar refractivity (Wildman–Crippen MR) is 100 cm³/mol. The van der Waals surface area contributed by atoms with E-state index < -0.39 is 17.4 Å². The van der Waals surface area contributed by atoms with Crippen molar-refractivity contribution in [2.24, 2.45) is 0 Å². The highest BCUT2D eigenvalue weighted by molar-refractivity contribution is 14.1. The SMILES string of the molecule is CC(C)(Oc1ccc(CC(=O)Nc2cc(F)cc(I)c2)cc1)C(=O)O. The summed E-state index contributed by atoms with van der Waals surface area (Å²) in [6, 6.07) is 10.9. The van der Waals surface area contributed by atoms with Gasteiger partial charge in [0.1, 0.15) is 11.6 Å². The van der Waals surface area contributed by atoms with Gasteiger partial charge < -0.3 is 15.2 Å². The molecular formula is C18H17FINO4. The second-order valence-corrected chi connectivity index (χ2v) is 7.19. The number of carboxylic acid groups (broad SMARTS) is 1. The largest absolute Gasteiger partial charge is 0.478 e. The Morgan fingerprint density at radius 2 is 1.84 bits per heavy atom. The van der Waals surface area contributed by atoms with Crippen LogP contribution in [-0.4, -0.2) is 22.6 Å². The number of ether oxygens (including phenoxy) is 1. The molecule has 7 heteroatoms. The van der Waals surface area contributed by atoms with Crippen molar-refractivity contribution < 1.29 is 23.8 Å². The van der Waals surface area contributed by atoms with Gasteiger partial charge in [0.25, 0.3) is 0 Å². The van der Waals surface area contributed by atoms with Crippen LogP contribution in [0.25, 0.3) is 0 Å². The van der Waals surface area contributed by atoms with Crippen LogP contribution in [0.15, 0.2) is 42.5 Å². The number of amides is 1. The Morgan fingerprint density at radius 1 is 1.20 bits per heavy atom. The summed E-state index contributed by atoms with van der Waals surface area (Å²) in [5.74, 6) is -1.36. The lowest BCUT2D eigenvalue weighted by atomic mass is 10.1. The average Bonchev–Trinajstić information content (AvgIpc) is 2.47. The first kappa shape index (κ1) is 19.2. The highest BCUT2D eigenvalue weighted by Gasteiger charge is 2.29. The van der Waals surface area contributed by atoms with Gasteiger partial charge in [-0.1, -0.05) is 12.1 Å². The predicted octanol–water partition coefficient (Wildman–Crippen LogP) is 3.85. The number of anilines is 1. The highest BCUT2D eigenvalue weighted by atomic mass is 127. The van der Waals surface area contributed by atoms with Gasteiger partial charge in [0.15, 0.2) is 5.60 Å². The third-order valence-electron chi connectivity index (χ3n) is 3.32. The van der Waals surface area contributed by atoms with Gasteiger partial charge in [-0.3, -0.25) is 4.79 Å². The second-order valence-electron chi connectivity index (χ2n) is 5.94. The topological polar surface area (TPSA) is 75.6 Å². The van der Waals surface area contributed by atoms with Gasteiger partial charge in [-0.05, 0) is 72.3 Å². The normalized spacial score (nSPS) is 11.0. The fourth-order valence-electron chi connectivity index (χ4n) is 2.03. The molecule has 0 atom stereocenters. The highest BCUT2D eigenvalue weighted by Crippen LogP contribution is 2.20. The van der Waals surface area contributed by atoms with Crippen LogP contribution < -0.4 is 10.1 Å². The molecule has 2 aromatic carbocycles. The van der Waals surface area contributed by atoms with Gasteiger partial charge in [-0.15, -0.1) is 0 Å². The molecule has 0 bridgehead atoms. The summed E-state index contributed by atoms with van der Waals surface area (Å²) in [6.07, 6.45) is 0.107. The zero-order valence-electron chi connectivity index (χ0n) is 13.7. The standard InChI is InChI=1S/C18H17FINO4/c1-18(2,17(23)24)25-15-5-3-11(4-6-15)7-16(22)21-14-9-12(19)8-13(20)10-14/h3-6,8-10H,7H2,1-2H3,(H,21,22)(H,23,24). The van der Waals surface area contributed by atoms with E-state index in [0.717, 1.165) is 5.56 Å². The summed E-state index contributed by atoms with van der Waals surface area (Å²) in [7, 11) is 0. The number of carbonyl (C=O) groups is 2. The monoisotopic (exact) mass is 457 g/mol. The van der Waals surface area contributed by atoms with Crippen LogP contribution in [0.5, 0.6) is 5.75 Å². The molecule has 2 rings (SSSR count). The van der Waals surface area contributed by atoms with E-state index in [1.165, 1.54) is 26.0 Å². The summed E-state index contributed by atoms with van der Waals surface area (Å²) in [6.45, 7) is 2.91. The maximum Gasteiger partial charge on any atom is 0.347 e. The second kappa shape index (κ2) is 7.81. The van der Waals surface area contributed by atoms with Crippen LogP contribution in [0.1, 0.15) is 19.4 Å². The average molecular weight is 457 g/mol. The summed E-state index contributed by atoms with van der Waals surface area (Å²) in [4.78, 5) is 23.1. The molecule has 5 nitrogen and oxygen atoms in total. The summed E-state index contributed by atoms with van der Waals surface area (Å²) in [5.41, 5.74) is -0.213. The lowest BCUT2D eigenvalue weighted by Crippen LogP contribution is -2.37. The number of aliphatic carboxylic acids is 1. The molecule has 0 saturated heterocycles. The Kier molecular flexibility index (Phi) is 5.99. The summed E-state index contributed by atoms with van der Waals surface area (Å²) < 4.78 is 19.4. The minimum Gasteiger partial charge on any atom is -0.478 e. The van der Waals surface area contributed by atoms with E-state index in [9.17, 15) is 14.0 Å². The van der Waals surface area contributed by atoms with Gasteiger partial charge in [0, 0.05) is 9.26 Å². The van der Waals surface area contributed by atoms with Gasteiger partial charge >= 0.3 is 5.97 Å². The number of carbonyl (C=O) groups excluding carboxylic acids is 1. The smallest absolute Gasteiger partial charge is 0.347 e. The molecule has 0 spiro atoms. The number of rotatable bonds is 6. The van der Waals surface area contributed by atoms with Crippen molar-refractivity contribution in [1.82, 2.24) is 0 Å². The number of benzene rings is 2. The molecule has 0 aromatic heterocycles. The van der Waals surface area contributed by atoms with Crippen LogP contribution in [0, 0.1) is 9.39 Å². The number of carboxylic acids is 1. The quantitative estimate of drug-likeness (QED) is 0.647. The van der Waals surface area contributed by atoms with Crippen molar-refractivity contribution in [2.75, 3.05) is 5.32 Å². The van der Waals surface area contributed by atoms with Gasteiger partial charge in [-0.2, -0.15) is 0 Å². The van der Waals surface area contributed by atoms with Crippen LogP contribution >= 0.6 is 22.6 Å². The molecule has 1 amide bonds. The first-order chi connectivity index (χ1) is 11.7. The van der Waals surface area contributed by atoms with Crippen molar-refractivity contribution in [2.45, 2.75) is 25.9 Å². The van der Waals surface area contributed by atoms with Crippen molar-refractivity contribution in [1.29, 1.82) is 0 Å². The molecule has 0 aliphatic carbocycles. The third-order valence-corrected chi connectivity index (χ3v) is 3.95.